The number of aryl methyl sites for hydroxylation is 1. The molecule has 2 heterocycles. The highest BCUT2D eigenvalue weighted by molar-refractivity contribution is 7.23. The fourth-order valence-electron chi connectivity index (χ4n) is 3.62. The number of rotatable bonds is 9. The molecule has 0 unspecified atom stereocenters. The molecule has 0 atom stereocenters. The molecule has 1 aliphatic heterocycles. The summed E-state index contributed by atoms with van der Waals surface area (Å²) in [6, 6.07) is 11.1. The molecule has 184 valence electrons. The van der Waals surface area contributed by atoms with Gasteiger partial charge in [-0.2, -0.15) is 0 Å². The monoisotopic (exact) mass is 525 g/mol. The van der Waals surface area contributed by atoms with Crippen LogP contribution in [0.15, 0.2) is 36.4 Å². The summed E-state index contributed by atoms with van der Waals surface area (Å²) in [5.74, 6) is 1.23. The lowest BCUT2D eigenvalue weighted by atomic mass is 10.2. The highest BCUT2D eigenvalue weighted by atomic mass is 35.5. The minimum absolute atomic E-state index is 0. The van der Waals surface area contributed by atoms with Crippen molar-refractivity contribution >= 4 is 56.6 Å². The maximum atomic E-state index is 13.3. The van der Waals surface area contributed by atoms with Crippen molar-refractivity contribution < 1.29 is 19.0 Å². The zero-order valence-corrected chi connectivity index (χ0v) is 21.7. The Balaban J connectivity index is 0.00000324. The van der Waals surface area contributed by atoms with E-state index < -0.39 is 0 Å². The lowest BCUT2D eigenvalue weighted by Crippen LogP contribution is -2.44. The Hall–Kier alpha value is -2.10. The summed E-state index contributed by atoms with van der Waals surface area (Å²) in [4.78, 5) is 22.0. The summed E-state index contributed by atoms with van der Waals surface area (Å²) in [5, 5.41) is 1.28. The topological polar surface area (TPSA) is 64.1 Å². The van der Waals surface area contributed by atoms with Crippen LogP contribution in [-0.2, 0) is 9.53 Å². The van der Waals surface area contributed by atoms with Crippen LogP contribution < -0.4 is 14.4 Å². The van der Waals surface area contributed by atoms with Crippen molar-refractivity contribution in [2.45, 2.75) is 13.8 Å². The van der Waals surface area contributed by atoms with Crippen molar-refractivity contribution in [3.8, 4) is 11.5 Å². The van der Waals surface area contributed by atoms with Crippen molar-refractivity contribution in [2.24, 2.45) is 0 Å². The molecule has 3 aromatic rings. The summed E-state index contributed by atoms with van der Waals surface area (Å²) in [5.41, 5.74) is 1.86. The quantitative estimate of drug-likeness (QED) is 0.398. The van der Waals surface area contributed by atoms with Crippen molar-refractivity contribution in [3.05, 3.63) is 47.0 Å². The standard InChI is InChI=1S/C24H28ClN3O4S.ClH/c1-3-31-18-5-7-19(8-6-18)32-16-21(29)28(11-10-27-12-14-30-15-13-27)24-26-22-17(2)4-9-20(25)23(22)33-24;/h4-9H,3,10-16H2,1-2H3;1H. The van der Waals surface area contributed by atoms with E-state index in [0.717, 1.165) is 41.2 Å². The normalized spacial score (nSPS) is 14.0. The van der Waals surface area contributed by atoms with E-state index in [1.807, 2.05) is 38.1 Å². The molecule has 0 saturated carbocycles. The van der Waals surface area contributed by atoms with Gasteiger partial charge in [0.25, 0.3) is 5.91 Å². The first-order chi connectivity index (χ1) is 16.0. The number of amides is 1. The van der Waals surface area contributed by atoms with Crippen molar-refractivity contribution in [1.82, 2.24) is 9.88 Å². The number of thiazole rings is 1. The molecule has 1 aromatic heterocycles. The minimum Gasteiger partial charge on any atom is -0.494 e. The fraction of sp³-hybridized carbons (Fsp3) is 0.417. The maximum Gasteiger partial charge on any atom is 0.266 e. The largest absolute Gasteiger partial charge is 0.494 e. The number of carbonyl (C=O) groups is 1. The molecule has 0 spiro atoms. The van der Waals surface area contributed by atoms with E-state index in [0.29, 0.717) is 42.3 Å². The van der Waals surface area contributed by atoms with E-state index in [9.17, 15) is 4.79 Å². The number of hydrogen-bond donors (Lipinski definition) is 0. The molecule has 2 aromatic carbocycles. The number of aromatic nitrogens is 1. The predicted octanol–water partition coefficient (Wildman–Crippen LogP) is 4.82. The van der Waals surface area contributed by atoms with Gasteiger partial charge in [0.2, 0.25) is 0 Å². The Bertz CT molecular complexity index is 1050. The molecule has 0 N–H and O–H groups in total. The van der Waals surface area contributed by atoms with Crippen molar-refractivity contribution in [2.75, 3.05) is 57.5 Å². The van der Waals surface area contributed by atoms with Gasteiger partial charge in [0.1, 0.15) is 11.5 Å². The highest BCUT2D eigenvalue weighted by Crippen LogP contribution is 2.35. The van der Waals surface area contributed by atoms with Gasteiger partial charge in [-0.3, -0.25) is 14.6 Å². The molecule has 1 aliphatic rings. The molecule has 7 nitrogen and oxygen atoms in total. The van der Waals surface area contributed by atoms with Crippen LogP contribution in [0.1, 0.15) is 12.5 Å². The van der Waals surface area contributed by atoms with Gasteiger partial charge in [-0.25, -0.2) is 4.98 Å². The summed E-state index contributed by atoms with van der Waals surface area (Å²) in [6.45, 7) is 8.84. The van der Waals surface area contributed by atoms with Crippen molar-refractivity contribution in [3.63, 3.8) is 0 Å². The Labute approximate surface area is 215 Å². The Kier molecular flexibility index (Phi) is 9.79. The third-order valence-corrected chi connectivity index (χ3v) is 7.00. The van der Waals surface area contributed by atoms with Crippen LogP contribution in [0.25, 0.3) is 10.2 Å². The molecule has 0 radical (unpaired) electrons. The van der Waals surface area contributed by atoms with Crippen molar-refractivity contribution in [1.29, 1.82) is 0 Å². The van der Waals surface area contributed by atoms with Crippen LogP contribution in [0.4, 0.5) is 5.13 Å². The average Bonchev–Trinajstić information content (AvgIpc) is 3.29. The third-order valence-electron chi connectivity index (χ3n) is 5.46. The zero-order chi connectivity index (χ0) is 23.2. The molecule has 1 saturated heterocycles. The first kappa shape index (κ1) is 26.5. The van der Waals surface area contributed by atoms with Crippen LogP contribution in [0.5, 0.6) is 11.5 Å². The summed E-state index contributed by atoms with van der Waals surface area (Å²) >= 11 is 7.85. The minimum atomic E-state index is -0.148. The number of hydrogen-bond acceptors (Lipinski definition) is 7. The first-order valence-corrected chi connectivity index (χ1v) is 12.3. The fourth-order valence-corrected chi connectivity index (χ4v) is 4.98. The maximum absolute atomic E-state index is 13.3. The van der Waals surface area contributed by atoms with Crippen LogP contribution >= 0.6 is 35.3 Å². The van der Waals surface area contributed by atoms with Gasteiger partial charge in [-0.1, -0.05) is 29.0 Å². The van der Waals surface area contributed by atoms with E-state index >= 15 is 0 Å². The average molecular weight is 526 g/mol. The summed E-state index contributed by atoms with van der Waals surface area (Å²) in [6.07, 6.45) is 0. The first-order valence-electron chi connectivity index (χ1n) is 11.1. The van der Waals surface area contributed by atoms with E-state index in [4.69, 9.17) is 30.8 Å². The Morgan fingerprint density at radius 3 is 2.47 bits per heavy atom. The number of fused-ring (bicyclic) bond motifs is 1. The smallest absolute Gasteiger partial charge is 0.266 e. The van der Waals surface area contributed by atoms with Gasteiger partial charge >= 0.3 is 0 Å². The molecule has 0 bridgehead atoms. The molecular formula is C24H29Cl2N3O4S. The van der Waals surface area contributed by atoms with Gasteiger partial charge in [0, 0.05) is 26.2 Å². The number of halogens is 2. The van der Waals surface area contributed by atoms with Gasteiger partial charge in [-0.15, -0.1) is 12.4 Å². The SMILES string of the molecule is CCOc1ccc(OCC(=O)N(CCN2CCOCC2)c2nc3c(C)ccc(Cl)c3s2)cc1.Cl. The molecule has 1 fully saturated rings. The number of anilines is 1. The second kappa shape index (κ2) is 12.6. The predicted molar refractivity (Wildman–Crippen MR) is 139 cm³/mol. The van der Waals surface area contributed by atoms with E-state index in [2.05, 4.69) is 4.90 Å². The third kappa shape index (κ3) is 6.52. The zero-order valence-electron chi connectivity index (χ0n) is 19.3. The summed E-state index contributed by atoms with van der Waals surface area (Å²) < 4.78 is 17.6. The van der Waals surface area contributed by atoms with Crippen LogP contribution in [0.2, 0.25) is 5.02 Å². The summed E-state index contributed by atoms with van der Waals surface area (Å²) in [7, 11) is 0. The number of nitrogens with zero attached hydrogens (tertiary/aromatic N) is 3. The lowest BCUT2D eigenvalue weighted by molar-refractivity contribution is -0.120. The Morgan fingerprint density at radius 2 is 1.82 bits per heavy atom. The van der Waals surface area contributed by atoms with Crippen LogP contribution in [0, 0.1) is 6.92 Å². The molecule has 34 heavy (non-hydrogen) atoms. The molecule has 10 heteroatoms. The van der Waals surface area contributed by atoms with Gasteiger partial charge in [0.05, 0.1) is 35.1 Å². The van der Waals surface area contributed by atoms with Gasteiger partial charge < -0.3 is 14.2 Å². The van der Waals surface area contributed by atoms with Crippen LogP contribution in [-0.4, -0.2) is 68.4 Å². The lowest BCUT2D eigenvalue weighted by Gasteiger charge is -2.29. The van der Waals surface area contributed by atoms with E-state index in [1.54, 1.807) is 17.0 Å². The van der Waals surface area contributed by atoms with E-state index in [-0.39, 0.29) is 24.9 Å². The molecule has 0 aliphatic carbocycles. The van der Waals surface area contributed by atoms with Crippen LogP contribution in [0.3, 0.4) is 0 Å². The highest BCUT2D eigenvalue weighted by Gasteiger charge is 2.23. The second-order valence-corrected chi connectivity index (χ2v) is 9.12. The Morgan fingerprint density at radius 1 is 1.15 bits per heavy atom. The second-order valence-electron chi connectivity index (χ2n) is 7.73. The molecular weight excluding hydrogens is 497 g/mol. The molecule has 4 rings (SSSR count). The van der Waals surface area contributed by atoms with Gasteiger partial charge in [-0.05, 0) is 49.7 Å². The number of carbonyl (C=O) groups excluding carboxylic acids is 1. The number of benzene rings is 2. The molecule has 1 amide bonds. The number of ether oxygens (including phenoxy) is 3. The van der Waals surface area contributed by atoms with Gasteiger partial charge in [0.15, 0.2) is 11.7 Å². The van der Waals surface area contributed by atoms with E-state index in [1.165, 1.54) is 11.3 Å². The number of morpholine rings is 1.